The highest BCUT2D eigenvalue weighted by atomic mass is 16.5. The Morgan fingerprint density at radius 2 is 2.00 bits per heavy atom. The van der Waals surface area contributed by atoms with Crippen molar-refractivity contribution in [2.24, 2.45) is 5.92 Å². The van der Waals surface area contributed by atoms with E-state index in [4.69, 9.17) is 9.84 Å². The fraction of sp³-hybridized carbons (Fsp3) is 0.867. The van der Waals surface area contributed by atoms with Crippen LogP contribution in [0.3, 0.4) is 0 Å². The average molecular weight is 285 g/mol. The number of carbonyl (C=O) groups excluding carboxylic acids is 1. The van der Waals surface area contributed by atoms with Gasteiger partial charge in [0.05, 0.1) is 0 Å². The van der Waals surface area contributed by atoms with Gasteiger partial charge in [0.1, 0.15) is 6.04 Å². The van der Waals surface area contributed by atoms with Crippen LogP contribution in [0.5, 0.6) is 0 Å². The number of carbonyl (C=O) groups is 2. The van der Waals surface area contributed by atoms with Crippen LogP contribution in [-0.2, 0) is 14.3 Å². The topological polar surface area (TPSA) is 75.6 Å². The van der Waals surface area contributed by atoms with Gasteiger partial charge >= 0.3 is 5.97 Å². The Labute approximate surface area is 121 Å². The fourth-order valence-corrected chi connectivity index (χ4v) is 2.77. The lowest BCUT2D eigenvalue weighted by molar-refractivity contribution is -0.142. The van der Waals surface area contributed by atoms with E-state index in [2.05, 4.69) is 5.32 Å². The van der Waals surface area contributed by atoms with Crippen LogP contribution in [0.15, 0.2) is 0 Å². The third kappa shape index (κ3) is 6.89. The summed E-state index contributed by atoms with van der Waals surface area (Å²) < 4.78 is 4.90. The first-order valence-corrected chi connectivity index (χ1v) is 7.64. The molecule has 2 N–H and O–H groups in total. The van der Waals surface area contributed by atoms with E-state index < -0.39 is 12.0 Å². The van der Waals surface area contributed by atoms with Gasteiger partial charge in [0.15, 0.2) is 0 Å². The van der Waals surface area contributed by atoms with Crippen molar-refractivity contribution in [3.8, 4) is 0 Å². The lowest BCUT2D eigenvalue weighted by atomic mass is 9.86. The minimum absolute atomic E-state index is 0.139. The van der Waals surface area contributed by atoms with Gasteiger partial charge in [0, 0.05) is 20.1 Å². The average Bonchev–Trinajstić information content (AvgIpc) is 2.45. The molecule has 20 heavy (non-hydrogen) atoms. The molecule has 1 aliphatic rings. The molecular weight excluding hydrogens is 258 g/mol. The third-order valence-electron chi connectivity index (χ3n) is 3.98. The summed E-state index contributed by atoms with van der Waals surface area (Å²) in [5, 5.41) is 11.7. The maximum absolute atomic E-state index is 11.8. The highest BCUT2D eigenvalue weighted by molar-refractivity contribution is 5.83. The molecule has 1 fully saturated rings. The van der Waals surface area contributed by atoms with Crippen LogP contribution < -0.4 is 5.32 Å². The van der Waals surface area contributed by atoms with Crippen LogP contribution in [0.2, 0.25) is 0 Å². The molecule has 1 saturated carbocycles. The molecule has 0 spiro atoms. The Bertz CT molecular complexity index is 300. The summed E-state index contributed by atoms with van der Waals surface area (Å²) in [6, 6.07) is -0.788. The Morgan fingerprint density at radius 1 is 1.30 bits per heavy atom. The van der Waals surface area contributed by atoms with Gasteiger partial charge in [-0.3, -0.25) is 4.79 Å². The number of nitrogens with one attached hydrogen (secondary N) is 1. The number of aliphatic carboxylic acids is 1. The minimum Gasteiger partial charge on any atom is -0.480 e. The molecule has 0 heterocycles. The van der Waals surface area contributed by atoms with Gasteiger partial charge in [-0.15, -0.1) is 0 Å². The number of amides is 1. The predicted octanol–water partition coefficient (Wildman–Crippen LogP) is 2.34. The van der Waals surface area contributed by atoms with E-state index in [1.54, 1.807) is 7.11 Å². The second-order valence-corrected chi connectivity index (χ2v) is 5.64. The number of rotatable bonds is 9. The van der Waals surface area contributed by atoms with Crippen molar-refractivity contribution in [1.82, 2.24) is 5.32 Å². The Morgan fingerprint density at radius 3 is 2.60 bits per heavy atom. The van der Waals surface area contributed by atoms with E-state index in [1.165, 1.54) is 32.1 Å². The SMILES string of the molecule is COCCCC(NC(=O)CCC1CCCCC1)C(=O)O. The van der Waals surface area contributed by atoms with E-state index in [-0.39, 0.29) is 5.91 Å². The largest absolute Gasteiger partial charge is 0.480 e. The number of carboxylic acids is 1. The molecule has 0 bridgehead atoms. The number of methoxy groups -OCH3 is 1. The summed E-state index contributed by atoms with van der Waals surface area (Å²) in [7, 11) is 1.58. The first-order chi connectivity index (χ1) is 9.63. The van der Waals surface area contributed by atoms with Gasteiger partial charge in [-0.1, -0.05) is 32.1 Å². The first kappa shape index (κ1) is 17.0. The van der Waals surface area contributed by atoms with Crippen molar-refractivity contribution < 1.29 is 19.4 Å². The van der Waals surface area contributed by atoms with Crippen LogP contribution in [0.1, 0.15) is 57.8 Å². The van der Waals surface area contributed by atoms with Gasteiger partial charge in [-0.2, -0.15) is 0 Å². The Balaban J connectivity index is 2.24. The van der Waals surface area contributed by atoms with E-state index in [9.17, 15) is 9.59 Å². The molecule has 0 radical (unpaired) electrons. The summed E-state index contributed by atoms with van der Waals surface area (Å²) in [6.45, 7) is 0.516. The van der Waals surface area contributed by atoms with Crippen molar-refractivity contribution in [3.05, 3.63) is 0 Å². The highest BCUT2D eigenvalue weighted by Gasteiger charge is 2.20. The lowest BCUT2D eigenvalue weighted by Gasteiger charge is -2.21. The van der Waals surface area contributed by atoms with Gasteiger partial charge < -0.3 is 15.2 Å². The summed E-state index contributed by atoms with van der Waals surface area (Å²) in [4.78, 5) is 22.9. The maximum atomic E-state index is 11.8. The molecule has 0 aromatic carbocycles. The molecule has 0 saturated heterocycles. The van der Waals surface area contributed by atoms with Gasteiger partial charge in [0.2, 0.25) is 5.91 Å². The van der Waals surface area contributed by atoms with Crippen LogP contribution in [0.4, 0.5) is 0 Å². The Hall–Kier alpha value is -1.10. The lowest BCUT2D eigenvalue weighted by Crippen LogP contribution is -2.41. The molecular formula is C15H27NO4. The summed E-state index contributed by atoms with van der Waals surface area (Å²) >= 11 is 0. The van der Waals surface area contributed by atoms with Crippen LogP contribution in [-0.4, -0.2) is 36.7 Å². The molecule has 5 nitrogen and oxygen atoms in total. The van der Waals surface area contributed by atoms with Crippen molar-refractivity contribution in [1.29, 1.82) is 0 Å². The molecule has 1 rings (SSSR count). The normalized spacial score (nSPS) is 17.6. The van der Waals surface area contributed by atoms with Gasteiger partial charge in [-0.25, -0.2) is 4.79 Å². The molecule has 1 unspecified atom stereocenters. The molecule has 0 aliphatic heterocycles. The van der Waals surface area contributed by atoms with Crippen LogP contribution in [0, 0.1) is 5.92 Å². The van der Waals surface area contributed by atoms with E-state index in [0.717, 1.165) is 6.42 Å². The molecule has 0 aromatic heterocycles. The Kier molecular flexibility index (Phi) is 8.26. The zero-order chi connectivity index (χ0) is 14.8. The predicted molar refractivity (Wildman–Crippen MR) is 76.5 cm³/mol. The van der Waals surface area contributed by atoms with Gasteiger partial charge in [-0.05, 0) is 25.2 Å². The standard InChI is InChI=1S/C15H27NO4/c1-20-11-5-8-13(15(18)19)16-14(17)10-9-12-6-3-2-4-7-12/h12-13H,2-11H2,1H3,(H,16,17)(H,18,19). The molecule has 1 amide bonds. The summed E-state index contributed by atoms with van der Waals surface area (Å²) in [5.74, 6) is -0.459. The number of hydrogen-bond donors (Lipinski definition) is 2. The van der Waals surface area contributed by atoms with Crippen LogP contribution in [0.25, 0.3) is 0 Å². The molecule has 1 aliphatic carbocycles. The summed E-state index contributed by atoms with van der Waals surface area (Å²) in [6.07, 6.45) is 8.64. The quantitative estimate of drug-likeness (QED) is 0.638. The number of carboxylic acid groups (broad SMARTS) is 1. The van der Waals surface area contributed by atoms with Crippen molar-refractivity contribution in [2.45, 2.75) is 63.8 Å². The van der Waals surface area contributed by atoms with E-state index in [1.807, 2.05) is 0 Å². The van der Waals surface area contributed by atoms with Crippen molar-refractivity contribution in [3.63, 3.8) is 0 Å². The number of ether oxygens (including phenoxy) is 1. The molecule has 1 atom stereocenters. The highest BCUT2D eigenvalue weighted by Crippen LogP contribution is 2.27. The van der Waals surface area contributed by atoms with Crippen LogP contribution >= 0.6 is 0 Å². The number of hydrogen-bond acceptors (Lipinski definition) is 3. The van der Waals surface area contributed by atoms with Gasteiger partial charge in [0.25, 0.3) is 0 Å². The minimum atomic E-state index is -0.966. The van der Waals surface area contributed by atoms with Crippen molar-refractivity contribution in [2.75, 3.05) is 13.7 Å². The smallest absolute Gasteiger partial charge is 0.326 e. The molecule has 5 heteroatoms. The summed E-state index contributed by atoms with van der Waals surface area (Å²) in [5.41, 5.74) is 0. The van der Waals surface area contributed by atoms with E-state index >= 15 is 0 Å². The second-order valence-electron chi connectivity index (χ2n) is 5.64. The zero-order valence-electron chi connectivity index (χ0n) is 12.4. The van der Waals surface area contributed by atoms with E-state index in [0.29, 0.717) is 31.8 Å². The molecule has 116 valence electrons. The second kappa shape index (κ2) is 9.75. The third-order valence-corrected chi connectivity index (χ3v) is 3.98. The molecule has 0 aromatic rings. The first-order valence-electron chi connectivity index (χ1n) is 7.64. The monoisotopic (exact) mass is 285 g/mol. The van der Waals surface area contributed by atoms with Crippen molar-refractivity contribution >= 4 is 11.9 Å². The fourth-order valence-electron chi connectivity index (χ4n) is 2.77. The zero-order valence-corrected chi connectivity index (χ0v) is 12.4. The maximum Gasteiger partial charge on any atom is 0.326 e.